The van der Waals surface area contributed by atoms with Crippen LogP contribution in [0.4, 0.5) is 10.2 Å². The van der Waals surface area contributed by atoms with Crippen molar-refractivity contribution in [1.29, 1.82) is 0 Å². The number of amides is 1. The minimum atomic E-state index is -0.351. The third-order valence-electron chi connectivity index (χ3n) is 5.72. The molecule has 1 fully saturated rings. The topological polar surface area (TPSA) is 58.6 Å². The number of methoxy groups -OCH3 is 1. The van der Waals surface area contributed by atoms with Gasteiger partial charge in [0.15, 0.2) is 0 Å². The van der Waals surface area contributed by atoms with E-state index in [-0.39, 0.29) is 11.7 Å². The SMILES string of the molecule is COCc1nc(C)nc(N2CCN(C(=O)c3ccc(F)cc3)CC2)c1Cc1ccc(Cl)cc1. The fraction of sp³-hybridized carbons (Fsp3) is 0.320. The van der Waals surface area contributed by atoms with Crippen molar-refractivity contribution in [3.05, 3.63) is 87.6 Å². The molecule has 0 bridgehead atoms. The van der Waals surface area contributed by atoms with E-state index in [2.05, 4.69) is 9.88 Å². The number of hydrogen-bond donors (Lipinski definition) is 0. The molecule has 1 amide bonds. The number of hydrogen-bond acceptors (Lipinski definition) is 5. The lowest BCUT2D eigenvalue weighted by atomic mass is 10.0. The Morgan fingerprint density at radius 1 is 1.03 bits per heavy atom. The summed E-state index contributed by atoms with van der Waals surface area (Å²) in [6, 6.07) is 13.4. The van der Waals surface area contributed by atoms with E-state index in [0.29, 0.717) is 55.6 Å². The highest BCUT2D eigenvalue weighted by Gasteiger charge is 2.26. The van der Waals surface area contributed by atoms with Crippen LogP contribution in [-0.2, 0) is 17.8 Å². The molecule has 6 nitrogen and oxygen atoms in total. The molecule has 0 aliphatic carbocycles. The van der Waals surface area contributed by atoms with Crippen molar-refractivity contribution in [2.45, 2.75) is 20.0 Å². The van der Waals surface area contributed by atoms with Crippen molar-refractivity contribution in [2.75, 3.05) is 38.2 Å². The van der Waals surface area contributed by atoms with E-state index in [9.17, 15) is 9.18 Å². The summed E-state index contributed by atoms with van der Waals surface area (Å²) in [6.45, 7) is 4.66. The monoisotopic (exact) mass is 468 g/mol. The number of anilines is 1. The highest BCUT2D eigenvalue weighted by molar-refractivity contribution is 6.30. The Labute approximate surface area is 198 Å². The minimum Gasteiger partial charge on any atom is -0.378 e. The standard InChI is InChI=1S/C25H26ClFN4O2/c1-17-28-23(16-33-2)22(15-18-3-7-20(26)8-4-18)24(29-17)30-11-13-31(14-12-30)25(32)19-5-9-21(27)10-6-19/h3-10H,11-16H2,1-2H3. The number of aromatic nitrogens is 2. The number of carbonyl (C=O) groups excluding carboxylic acids is 1. The van der Waals surface area contributed by atoms with Crippen molar-refractivity contribution in [1.82, 2.24) is 14.9 Å². The van der Waals surface area contributed by atoms with Gasteiger partial charge >= 0.3 is 0 Å². The average Bonchev–Trinajstić information content (AvgIpc) is 2.82. The number of ether oxygens (including phenoxy) is 1. The lowest BCUT2D eigenvalue weighted by Gasteiger charge is -2.36. The molecule has 2 heterocycles. The van der Waals surface area contributed by atoms with Crippen LogP contribution >= 0.6 is 11.6 Å². The van der Waals surface area contributed by atoms with Crippen molar-refractivity contribution < 1.29 is 13.9 Å². The molecule has 0 unspecified atom stereocenters. The summed E-state index contributed by atoms with van der Waals surface area (Å²) in [4.78, 5) is 26.2. The maximum atomic E-state index is 13.2. The molecule has 4 rings (SSSR count). The molecule has 1 aliphatic rings. The van der Waals surface area contributed by atoms with Gasteiger partial charge in [0.2, 0.25) is 0 Å². The number of carbonyl (C=O) groups is 1. The van der Waals surface area contributed by atoms with Crippen molar-refractivity contribution in [3.8, 4) is 0 Å². The van der Waals surface area contributed by atoms with Gasteiger partial charge in [0.05, 0.1) is 12.3 Å². The summed E-state index contributed by atoms with van der Waals surface area (Å²) in [6.07, 6.45) is 0.653. The van der Waals surface area contributed by atoms with Crippen LogP contribution in [0.5, 0.6) is 0 Å². The predicted molar refractivity (Wildman–Crippen MR) is 126 cm³/mol. The van der Waals surface area contributed by atoms with Crippen LogP contribution in [0, 0.1) is 12.7 Å². The second-order valence-corrected chi connectivity index (χ2v) is 8.48. The fourth-order valence-corrected chi connectivity index (χ4v) is 4.17. The molecule has 33 heavy (non-hydrogen) atoms. The summed E-state index contributed by atoms with van der Waals surface area (Å²) in [7, 11) is 1.66. The third-order valence-corrected chi connectivity index (χ3v) is 5.97. The Hall–Kier alpha value is -3.03. The van der Waals surface area contributed by atoms with Crippen molar-refractivity contribution in [3.63, 3.8) is 0 Å². The molecule has 0 radical (unpaired) electrons. The average molecular weight is 469 g/mol. The van der Waals surface area contributed by atoms with E-state index in [0.717, 1.165) is 22.6 Å². The van der Waals surface area contributed by atoms with Crippen LogP contribution in [-0.4, -0.2) is 54.1 Å². The van der Waals surface area contributed by atoms with E-state index in [1.54, 1.807) is 12.0 Å². The molecular formula is C25H26ClFN4O2. The molecule has 0 atom stereocenters. The number of piperazine rings is 1. The smallest absolute Gasteiger partial charge is 0.253 e. The van der Waals surface area contributed by atoms with Gasteiger partial charge < -0.3 is 14.5 Å². The van der Waals surface area contributed by atoms with Gasteiger partial charge in [-0.1, -0.05) is 23.7 Å². The number of benzene rings is 2. The Kier molecular flexibility index (Phi) is 7.20. The maximum Gasteiger partial charge on any atom is 0.253 e. The first-order valence-electron chi connectivity index (χ1n) is 10.8. The van der Waals surface area contributed by atoms with Crippen LogP contribution in [0.25, 0.3) is 0 Å². The number of rotatable bonds is 6. The van der Waals surface area contributed by atoms with Crippen molar-refractivity contribution in [2.24, 2.45) is 0 Å². The lowest BCUT2D eigenvalue weighted by molar-refractivity contribution is 0.0746. The first-order valence-corrected chi connectivity index (χ1v) is 11.2. The third kappa shape index (κ3) is 5.49. The first kappa shape index (κ1) is 23.1. The Morgan fingerprint density at radius 2 is 1.70 bits per heavy atom. The van der Waals surface area contributed by atoms with Gasteiger partial charge in [0.1, 0.15) is 17.5 Å². The zero-order valence-electron chi connectivity index (χ0n) is 18.7. The van der Waals surface area contributed by atoms with Crippen LogP contribution in [0.15, 0.2) is 48.5 Å². The fourth-order valence-electron chi connectivity index (χ4n) is 4.04. The van der Waals surface area contributed by atoms with E-state index in [4.69, 9.17) is 21.3 Å². The summed E-state index contributed by atoms with van der Waals surface area (Å²) < 4.78 is 18.6. The largest absolute Gasteiger partial charge is 0.378 e. The molecule has 8 heteroatoms. The summed E-state index contributed by atoms with van der Waals surface area (Å²) >= 11 is 6.06. The molecule has 1 aliphatic heterocycles. The van der Waals surface area contributed by atoms with Gasteiger partial charge in [-0.05, 0) is 48.9 Å². The lowest BCUT2D eigenvalue weighted by Crippen LogP contribution is -2.49. The molecule has 2 aromatic carbocycles. The zero-order chi connectivity index (χ0) is 23.4. The number of aryl methyl sites for hydroxylation is 1. The Bertz CT molecular complexity index is 1110. The molecule has 1 saturated heterocycles. The summed E-state index contributed by atoms with van der Waals surface area (Å²) in [5, 5.41) is 0.693. The Morgan fingerprint density at radius 3 is 2.33 bits per heavy atom. The molecule has 0 saturated carbocycles. The molecule has 1 aromatic heterocycles. The molecule has 0 N–H and O–H groups in total. The second-order valence-electron chi connectivity index (χ2n) is 8.04. The van der Waals surface area contributed by atoms with Gasteiger partial charge in [0, 0.05) is 55.9 Å². The highest BCUT2D eigenvalue weighted by atomic mass is 35.5. The first-order chi connectivity index (χ1) is 15.9. The predicted octanol–water partition coefficient (Wildman–Crippen LogP) is 4.28. The van der Waals surface area contributed by atoms with Gasteiger partial charge in [-0.3, -0.25) is 4.79 Å². The van der Waals surface area contributed by atoms with Gasteiger partial charge in [-0.15, -0.1) is 0 Å². The van der Waals surface area contributed by atoms with E-state index >= 15 is 0 Å². The second kappa shape index (κ2) is 10.3. The molecule has 172 valence electrons. The maximum absolute atomic E-state index is 13.2. The normalized spacial score (nSPS) is 13.9. The van der Waals surface area contributed by atoms with Crippen molar-refractivity contribution >= 4 is 23.3 Å². The van der Waals surface area contributed by atoms with Crippen LogP contribution < -0.4 is 4.90 Å². The minimum absolute atomic E-state index is 0.0880. The van der Waals surface area contributed by atoms with Crippen LogP contribution in [0.1, 0.15) is 33.0 Å². The zero-order valence-corrected chi connectivity index (χ0v) is 19.5. The summed E-state index contributed by atoms with van der Waals surface area (Å²) in [5.74, 6) is 1.12. The molecular weight excluding hydrogens is 443 g/mol. The highest BCUT2D eigenvalue weighted by Crippen LogP contribution is 2.27. The number of nitrogens with zero attached hydrogens (tertiary/aromatic N) is 4. The van der Waals surface area contributed by atoms with E-state index in [1.807, 2.05) is 31.2 Å². The van der Waals surface area contributed by atoms with Gasteiger partial charge in [0.25, 0.3) is 5.91 Å². The quantitative estimate of drug-likeness (QED) is 0.540. The van der Waals surface area contributed by atoms with Crippen LogP contribution in [0.3, 0.4) is 0 Å². The van der Waals surface area contributed by atoms with Gasteiger partial charge in [-0.25, -0.2) is 14.4 Å². The summed E-state index contributed by atoms with van der Waals surface area (Å²) in [5.41, 5.74) is 3.48. The van der Waals surface area contributed by atoms with Gasteiger partial charge in [-0.2, -0.15) is 0 Å². The van der Waals surface area contributed by atoms with Crippen LogP contribution in [0.2, 0.25) is 5.02 Å². The van der Waals surface area contributed by atoms with E-state index < -0.39 is 0 Å². The molecule has 3 aromatic rings. The number of halogens is 2. The van der Waals surface area contributed by atoms with E-state index in [1.165, 1.54) is 24.3 Å². The molecule has 0 spiro atoms. The Balaban J connectivity index is 1.56.